The number of hydrogen-bond donors (Lipinski definition) is 1. The van der Waals surface area contributed by atoms with Crippen molar-refractivity contribution in [1.29, 1.82) is 0 Å². The Morgan fingerprint density at radius 2 is 1.95 bits per heavy atom. The number of hydrogen-bond acceptors (Lipinski definition) is 2. The smallest absolute Gasteiger partial charge is 0.227 e. The average molecular weight is 288 g/mol. The first-order valence-corrected chi connectivity index (χ1v) is 7.37. The van der Waals surface area contributed by atoms with Crippen LogP contribution >= 0.6 is 0 Å². The number of amides is 2. The van der Waals surface area contributed by atoms with Gasteiger partial charge in [-0.2, -0.15) is 0 Å². The Labute approximate surface area is 126 Å². The predicted molar refractivity (Wildman–Crippen MR) is 84.3 cm³/mol. The summed E-state index contributed by atoms with van der Waals surface area (Å²) in [4.78, 5) is 26.2. The fraction of sp³-hybridized carbons (Fsp3) is 0.529. The molecule has 0 aromatic heterocycles. The van der Waals surface area contributed by atoms with Crippen molar-refractivity contribution >= 4 is 17.5 Å². The van der Waals surface area contributed by atoms with Crippen molar-refractivity contribution in [3.63, 3.8) is 0 Å². The number of nitrogens with one attached hydrogen (secondary N) is 1. The first-order valence-electron chi connectivity index (χ1n) is 7.37. The third kappa shape index (κ3) is 3.63. The molecule has 21 heavy (non-hydrogen) atoms. The van der Waals surface area contributed by atoms with Crippen molar-refractivity contribution in [2.24, 2.45) is 5.92 Å². The van der Waals surface area contributed by atoms with Crippen LogP contribution in [0.1, 0.15) is 38.3 Å². The van der Waals surface area contributed by atoms with Gasteiger partial charge in [0, 0.05) is 24.2 Å². The Bertz CT molecular complexity index is 573. The SMILES string of the molecule is Cc1ccc(N2C[C@H](C(=O)NC(C)(C)C)CC2=O)c(C)c1. The lowest BCUT2D eigenvalue weighted by Crippen LogP contribution is -2.44. The van der Waals surface area contributed by atoms with Gasteiger partial charge in [0.15, 0.2) is 0 Å². The highest BCUT2D eigenvalue weighted by Gasteiger charge is 2.36. The lowest BCUT2D eigenvalue weighted by atomic mass is 10.0. The van der Waals surface area contributed by atoms with Gasteiger partial charge in [0.05, 0.1) is 5.92 Å². The van der Waals surface area contributed by atoms with E-state index in [2.05, 4.69) is 11.4 Å². The summed E-state index contributed by atoms with van der Waals surface area (Å²) in [5.41, 5.74) is 2.88. The molecule has 4 heteroatoms. The van der Waals surface area contributed by atoms with Crippen LogP contribution in [0.5, 0.6) is 0 Å². The third-order valence-electron chi connectivity index (χ3n) is 3.64. The predicted octanol–water partition coefficient (Wildman–Crippen LogP) is 2.57. The molecule has 1 fully saturated rings. The number of nitrogens with zero attached hydrogens (tertiary/aromatic N) is 1. The van der Waals surface area contributed by atoms with Gasteiger partial charge in [-0.15, -0.1) is 0 Å². The topological polar surface area (TPSA) is 49.4 Å². The van der Waals surface area contributed by atoms with E-state index in [0.29, 0.717) is 6.54 Å². The summed E-state index contributed by atoms with van der Waals surface area (Å²) in [5.74, 6) is -0.281. The van der Waals surface area contributed by atoms with E-state index in [4.69, 9.17) is 0 Å². The van der Waals surface area contributed by atoms with E-state index in [0.717, 1.165) is 11.3 Å². The zero-order valence-corrected chi connectivity index (χ0v) is 13.5. The zero-order chi connectivity index (χ0) is 15.8. The molecule has 2 amide bonds. The van der Waals surface area contributed by atoms with Crippen LogP contribution in [0.25, 0.3) is 0 Å². The molecule has 0 saturated carbocycles. The van der Waals surface area contributed by atoms with Gasteiger partial charge in [-0.05, 0) is 46.2 Å². The van der Waals surface area contributed by atoms with Gasteiger partial charge in [0.25, 0.3) is 0 Å². The highest BCUT2D eigenvalue weighted by Crippen LogP contribution is 2.28. The summed E-state index contributed by atoms with van der Waals surface area (Å²) >= 11 is 0. The lowest BCUT2D eigenvalue weighted by Gasteiger charge is -2.23. The summed E-state index contributed by atoms with van der Waals surface area (Å²) in [6.45, 7) is 10.3. The maximum Gasteiger partial charge on any atom is 0.227 e. The number of aryl methyl sites for hydroxylation is 2. The molecule has 1 N–H and O–H groups in total. The van der Waals surface area contributed by atoms with Crippen molar-refractivity contribution in [1.82, 2.24) is 5.32 Å². The summed E-state index contributed by atoms with van der Waals surface area (Å²) < 4.78 is 0. The van der Waals surface area contributed by atoms with Crippen molar-refractivity contribution in [2.75, 3.05) is 11.4 Å². The molecule has 1 atom stereocenters. The largest absolute Gasteiger partial charge is 0.351 e. The van der Waals surface area contributed by atoms with Crippen LogP contribution in [0.15, 0.2) is 18.2 Å². The fourth-order valence-electron chi connectivity index (χ4n) is 2.70. The van der Waals surface area contributed by atoms with Crippen LogP contribution in [0.4, 0.5) is 5.69 Å². The van der Waals surface area contributed by atoms with Gasteiger partial charge in [0.2, 0.25) is 11.8 Å². The van der Waals surface area contributed by atoms with Gasteiger partial charge in [-0.25, -0.2) is 0 Å². The van der Waals surface area contributed by atoms with E-state index in [9.17, 15) is 9.59 Å². The highest BCUT2D eigenvalue weighted by atomic mass is 16.2. The van der Waals surface area contributed by atoms with Crippen LogP contribution in [0, 0.1) is 19.8 Å². The molecule has 4 nitrogen and oxygen atoms in total. The second kappa shape index (κ2) is 5.51. The fourth-order valence-corrected chi connectivity index (χ4v) is 2.70. The van der Waals surface area contributed by atoms with Crippen LogP contribution in [0.3, 0.4) is 0 Å². The molecule has 1 aliphatic heterocycles. The van der Waals surface area contributed by atoms with Crippen molar-refractivity contribution < 1.29 is 9.59 Å². The van der Waals surface area contributed by atoms with Crippen molar-refractivity contribution in [3.05, 3.63) is 29.3 Å². The van der Waals surface area contributed by atoms with Crippen LogP contribution in [0.2, 0.25) is 0 Å². The summed E-state index contributed by atoms with van der Waals surface area (Å²) in [6.07, 6.45) is 0.287. The Hall–Kier alpha value is -1.84. The first kappa shape index (κ1) is 15.5. The second-order valence-electron chi connectivity index (χ2n) is 6.93. The van der Waals surface area contributed by atoms with E-state index in [1.807, 2.05) is 46.8 Å². The quantitative estimate of drug-likeness (QED) is 0.909. The Morgan fingerprint density at radius 1 is 1.29 bits per heavy atom. The number of carbonyl (C=O) groups is 2. The molecule has 114 valence electrons. The molecule has 0 radical (unpaired) electrons. The standard InChI is InChI=1S/C17H24N2O2/c1-11-6-7-14(12(2)8-11)19-10-13(9-15(19)20)16(21)18-17(3,4)5/h6-8,13H,9-10H2,1-5H3,(H,18,21)/t13-/m1/s1. The van der Waals surface area contributed by atoms with Crippen molar-refractivity contribution in [3.8, 4) is 0 Å². The Balaban J connectivity index is 2.14. The summed E-state index contributed by atoms with van der Waals surface area (Å²) in [6, 6.07) is 6.02. The molecule has 0 aliphatic carbocycles. The summed E-state index contributed by atoms with van der Waals surface area (Å²) in [5, 5.41) is 2.96. The maximum absolute atomic E-state index is 12.2. The summed E-state index contributed by atoms with van der Waals surface area (Å²) in [7, 11) is 0. The first-order chi connectivity index (χ1) is 9.67. The third-order valence-corrected chi connectivity index (χ3v) is 3.64. The molecule has 1 aromatic rings. The molecule has 1 aromatic carbocycles. The highest BCUT2D eigenvalue weighted by molar-refractivity contribution is 6.00. The second-order valence-corrected chi connectivity index (χ2v) is 6.93. The molecule has 0 bridgehead atoms. The van der Waals surface area contributed by atoms with E-state index < -0.39 is 0 Å². The zero-order valence-electron chi connectivity index (χ0n) is 13.5. The number of anilines is 1. The minimum absolute atomic E-state index is 0.0241. The van der Waals surface area contributed by atoms with E-state index in [1.54, 1.807) is 4.90 Å². The van der Waals surface area contributed by atoms with E-state index >= 15 is 0 Å². The number of rotatable bonds is 2. The average Bonchev–Trinajstić information content (AvgIpc) is 2.69. The lowest BCUT2D eigenvalue weighted by molar-refractivity contribution is -0.127. The molecule has 1 saturated heterocycles. The minimum atomic E-state index is -0.271. The van der Waals surface area contributed by atoms with E-state index in [1.165, 1.54) is 5.56 Å². The van der Waals surface area contributed by atoms with Gasteiger partial charge in [0.1, 0.15) is 0 Å². The van der Waals surface area contributed by atoms with Gasteiger partial charge in [-0.3, -0.25) is 9.59 Å². The van der Waals surface area contributed by atoms with Crippen molar-refractivity contribution in [2.45, 2.75) is 46.6 Å². The number of benzene rings is 1. The van der Waals surface area contributed by atoms with Gasteiger partial charge in [-0.1, -0.05) is 17.7 Å². The number of carbonyl (C=O) groups excluding carboxylic acids is 2. The van der Waals surface area contributed by atoms with E-state index in [-0.39, 0.29) is 29.7 Å². The molecular formula is C17H24N2O2. The maximum atomic E-state index is 12.2. The Kier molecular flexibility index (Phi) is 4.08. The molecule has 2 rings (SSSR count). The molecule has 0 unspecified atom stereocenters. The molecule has 1 aliphatic rings. The van der Waals surface area contributed by atoms with Gasteiger partial charge < -0.3 is 10.2 Å². The van der Waals surface area contributed by atoms with Crippen LogP contribution in [-0.2, 0) is 9.59 Å². The normalized spacial score (nSPS) is 19.0. The van der Waals surface area contributed by atoms with Gasteiger partial charge >= 0.3 is 0 Å². The molecular weight excluding hydrogens is 264 g/mol. The van der Waals surface area contributed by atoms with Crippen LogP contribution < -0.4 is 10.2 Å². The molecule has 1 heterocycles. The Morgan fingerprint density at radius 3 is 2.52 bits per heavy atom. The molecule has 0 spiro atoms. The minimum Gasteiger partial charge on any atom is -0.351 e. The monoisotopic (exact) mass is 288 g/mol. The van der Waals surface area contributed by atoms with Crippen LogP contribution in [-0.4, -0.2) is 23.9 Å².